The average molecular weight is 239 g/mol. The first-order valence-electron chi connectivity index (χ1n) is 4.73. The third kappa shape index (κ3) is 1.54. The van der Waals surface area contributed by atoms with E-state index in [4.69, 9.17) is 10.5 Å². The lowest BCUT2D eigenvalue weighted by Crippen LogP contribution is -2.13. The van der Waals surface area contributed by atoms with Gasteiger partial charge in [-0.3, -0.25) is 4.57 Å². The van der Waals surface area contributed by atoms with E-state index < -0.39 is 0 Å². The van der Waals surface area contributed by atoms with Crippen molar-refractivity contribution in [3.63, 3.8) is 0 Å². The molecular weight excluding hydrogens is 228 g/mol. The van der Waals surface area contributed by atoms with Gasteiger partial charge in [0.05, 0.1) is 5.69 Å². The van der Waals surface area contributed by atoms with E-state index in [1.807, 2.05) is 22.8 Å². The van der Waals surface area contributed by atoms with Crippen molar-refractivity contribution >= 4 is 12.4 Å². The second kappa shape index (κ2) is 4.11. The molecule has 0 atom stereocenters. The van der Waals surface area contributed by atoms with Crippen LogP contribution >= 0.6 is 12.4 Å². The zero-order chi connectivity index (χ0) is 10.3. The second-order valence-electron chi connectivity index (χ2n) is 3.41. The molecule has 1 aromatic heterocycles. The van der Waals surface area contributed by atoms with Crippen LogP contribution in [0.4, 0.5) is 0 Å². The van der Waals surface area contributed by atoms with E-state index in [-0.39, 0.29) is 12.4 Å². The standard InChI is InChI=1S/C10H10N4O.ClH/c11-4-7-1-2-9-8(3-7)14-6-12-13-10(14)5-15-9;/h1-3,6H,4-5,11H2;1H. The molecule has 3 rings (SSSR count). The smallest absolute Gasteiger partial charge is 0.175 e. The number of fused-ring (bicyclic) bond motifs is 3. The van der Waals surface area contributed by atoms with Gasteiger partial charge in [0, 0.05) is 6.54 Å². The van der Waals surface area contributed by atoms with Crippen molar-refractivity contribution < 1.29 is 4.74 Å². The molecule has 2 heterocycles. The topological polar surface area (TPSA) is 66.0 Å². The molecule has 0 amide bonds. The lowest BCUT2D eigenvalue weighted by molar-refractivity contribution is 0.279. The second-order valence-corrected chi connectivity index (χ2v) is 3.41. The maximum absolute atomic E-state index is 5.60. The average Bonchev–Trinajstić information content (AvgIpc) is 2.76. The van der Waals surface area contributed by atoms with E-state index in [1.165, 1.54) is 0 Å². The van der Waals surface area contributed by atoms with Crippen molar-refractivity contribution in [2.75, 3.05) is 0 Å². The van der Waals surface area contributed by atoms with Gasteiger partial charge in [-0.25, -0.2) is 0 Å². The van der Waals surface area contributed by atoms with E-state index in [2.05, 4.69) is 10.2 Å². The SMILES string of the molecule is Cl.NCc1ccc2c(c1)-n1cnnc1CO2. The monoisotopic (exact) mass is 238 g/mol. The first-order chi connectivity index (χ1) is 7.38. The van der Waals surface area contributed by atoms with Crippen LogP contribution < -0.4 is 10.5 Å². The van der Waals surface area contributed by atoms with Crippen LogP contribution in [-0.4, -0.2) is 14.8 Å². The molecule has 0 fully saturated rings. The Labute approximate surface area is 98.6 Å². The summed E-state index contributed by atoms with van der Waals surface area (Å²) in [5.41, 5.74) is 7.63. The fraction of sp³-hybridized carbons (Fsp3) is 0.200. The number of nitrogens with two attached hydrogens (primary N) is 1. The quantitative estimate of drug-likeness (QED) is 0.806. The third-order valence-electron chi connectivity index (χ3n) is 2.49. The summed E-state index contributed by atoms with van der Waals surface area (Å²) in [6.07, 6.45) is 1.69. The Morgan fingerprint density at radius 1 is 1.44 bits per heavy atom. The van der Waals surface area contributed by atoms with E-state index in [9.17, 15) is 0 Å². The molecule has 0 bridgehead atoms. The fourth-order valence-corrected chi connectivity index (χ4v) is 1.70. The first-order valence-corrected chi connectivity index (χ1v) is 4.73. The maximum atomic E-state index is 5.60. The highest BCUT2D eigenvalue weighted by Gasteiger charge is 2.17. The molecule has 16 heavy (non-hydrogen) atoms. The van der Waals surface area contributed by atoms with Crippen LogP contribution in [-0.2, 0) is 13.2 Å². The molecule has 6 heteroatoms. The van der Waals surface area contributed by atoms with Crippen LogP contribution in [0.25, 0.3) is 5.69 Å². The van der Waals surface area contributed by atoms with Crippen LogP contribution in [0.3, 0.4) is 0 Å². The van der Waals surface area contributed by atoms with Crippen molar-refractivity contribution in [2.45, 2.75) is 13.2 Å². The van der Waals surface area contributed by atoms with Crippen molar-refractivity contribution in [2.24, 2.45) is 5.73 Å². The highest BCUT2D eigenvalue weighted by molar-refractivity contribution is 5.85. The summed E-state index contributed by atoms with van der Waals surface area (Å²) < 4.78 is 7.47. The summed E-state index contributed by atoms with van der Waals surface area (Å²) in [4.78, 5) is 0. The van der Waals surface area contributed by atoms with Crippen LogP contribution in [0.5, 0.6) is 5.75 Å². The van der Waals surface area contributed by atoms with Gasteiger partial charge in [-0.05, 0) is 17.7 Å². The molecule has 0 saturated carbocycles. The lowest BCUT2D eigenvalue weighted by Gasteiger charge is -2.18. The number of rotatable bonds is 1. The Balaban J connectivity index is 0.000000963. The highest BCUT2D eigenvalue weighted by atomic mass is 35.5. The Morgan fingerprint density at radius 3 is 3.12 bits per heavy atom. The van der Waals surface area contributed by atoms with Crippen molar-refractivity contribution in [1.82, 2.24) is 14.8 Å². The Kier molecular flexibility index (Phi) is 2.80. The molecule has 1 aliphatic heterocycles. The Morgan fingerprint density at radius 2 is 2.31 bits per heavy atom. The number of ether oxygens (including phenoxy) is 1. The summed E-state index contributed by atoms with van der Waals surface area (Å²) in [7, 11) is 0. The van der Waals surface area contributed by atoms with Crippen LogP contribution in [0.15, 0.2) is 24.5 Å². The Bertz CT molecular complexity index is 511. The zero-order valence-corrected chi connectivity index (χ0v) is 9.28. The molecule has 0 radical (unpaired) electrons. The predicted molar refractivity (Wildman–Crippen MR) is 60.8 cm³/mol. The normalized spacial score (nSPS) is 12.1. The number of aromatic nitrogens is 3. The molecule has 0 aliphatic carbocycles. The summed E-state index contributed by atoms with van der Waals surface area (Å²) >= 11 is 0. The van der Waals surface area contributed by atoms with E-state index in [0.29, 0.717) is 13.2 Å². The van der Waals surface area contributed by atoms with Crippen LogP contribution in [0, 0.1) is 0 Å². The van der Waals surface area contributed by atoms with E-state index in [1.54, 1.807) is 6.33 Å². The minimum Gasteiger partial charge on any atom is -0.483 e. The minimum atomic E-state index is 0. The molecule has 2 aromatic rings. The zero-order valence-electron chi connectivity index (χ0n) is 8.46. The predicted octanol–water partition coefficient (Wildman–Crippen LogP) is 1.04. The summed E-state index contributed by atoms with van der Waals surface area (Å²) in [6, 6.07) is 5.90. The highest BCUT2D eigenvalue weighted by Crippen LogP contribution is 2.29. The molecule has 5 nitrogen and oxygen atoms in total. The van der Waals surface area contributed by atoms with Gasteiger partial charge in [-0.2, -0.15) is 0 Å². The van der Waals surface area contributed by atoms with Gasteiger partial charge in [-0.15, -0.1) is 22.6 Å². The van der Waals surface area contributed by atoms with E-state index >= 15 is 0 Å². The number of nitrogens with zero attached hydrogens (tertiary/aromatic N) is 3. The number of hydrogen-bond donors (Lipinski definition) is 1. The summed E-state index contributed by atoms with van der Waals surface area (Å²) in [5, 5.41) is 7.83. The summed E-state index contributed by atoms with van der Waals surface area (Å²) in [6.45, 7) is 0.986. The maximum Gasteiger partial charge on any atom is 0.175 e. The van der Waals surface area contributed by atoms with Crippen LogP contribution in [0.1, 0.15) is 11.4 Å². The first kappa shape index (κ1) is 10.9. The van der Waals surface area contributed by atoms with Gasteiger partial charge in [-0.1, -0.05) is 6.07 Å². The molecule has 1 aliphatic rings. The van der Waals surface area contributed by atoms with Gasteiger partial charge >= 0.3 is 0 Å². The van der Waals surface area contributed by atoms with Gasteiger partial charge in [0.25, 0.3) is 0 Å². The van der Waals surface area contributed by atoms with Gasteiger partial charge in [0.1, 0.15) is 18.7 Å². The van der Waals surface area contributed by atoms with E-state index in [0.717, 1.165) is 22.8 Å². The van der Waals surface area contributed by atoms with Gasteiger partial charge < -0.3 is 10.5 Å². The van der Waals surface area contributed by atoms with Crippen LogP contribution in [0.2, 0.25) is 0 Å². The van der Waals surface area contributed by atoms with Crippen molar-refractivity contribution in [3.05, 3.63) is 35.9 Å². The molecule has 84 valence electrons. The molecule has 0 unspecified atom stereocenters. The third-order valence-corrected chi connectivity index (χ3v) is 2.49. The van der Waals surface area contributed by atoms with Gasteiger partial charge in [0.2, 0.25) is 0 Å². The lowest BCUT2D eigenvalue weighted by atomic mass is 10.1. The number of halogens is 1. The van der Waals surface area contributed by atoms with Crippen molar-refractivity contribution in [3.8, 4) is 11.4 Å². The molecule has 1 aromatic carbocycles. The molecular formula is C10H11ClN4O. The molecule has 2 N–H and O–H groups in total. The molecule has 0 saturated heterocycles. The molecule has 0 spiro atoms. The number of hydrogen-bond acceptors (Lipinski definition) is 4. The summed E-state index contributed by atoms with van der Waals surface area (Å²) in [5.74, 6) is 1.66. The number of benzene rings is 1. The Hall–Kier alpha value is -1.59. The van der Waals surface area contributed by atoms with Crippen molar-refractivity contribution in [1.29, 1.82) is 0 Å². The van der Waals surface area contributed by atoms with Gasteiger partial charge in [0.15, 0.2) is 5.82 Å². The largest absolute Gasteiger partial charge is 0.483 e. The minimum absolute atomic E-state index is 0. The fourth-order valence-electron chi connectivity index (χ4n) is 1.70.